The molecule has 150 valence electrons. The number of thioether (sulfide) groups is 1. The van der Waals surface area contributed by atoms with E-state index in [1.165, 1.54) is 17.3 Å². The van der Waals surface area contributed by atoms with Crippen LogP contribution in [0.4, 0.5) is 0 Å². The van der Waals surface area contributed by atoms with Crippen molar-refractivity contribution in [2.45, 2.75) is 37.2 Å². The Morgan fingerprint density at radius 1 is 1.17 bits per heavy atom. The SMILES string of the molecule is Cc1[nH]c(S[C@@H](C)C(=O)NCc2ccc3c(c2)OCO3)nc1Cc1ccccc1. The Morgan fingerprint density at radius 2 is 1.97 bits per heavy atom. The predicted molar refractivity (Wildman–Crippen MR) is 112 cm³/mol. The Kier molecular flexibility index (Phi) is 5.76. The number of nitrogens with one attached hydrogen (secondary N) is 2. The summed E-state index contributed by atoms with van der Waals surface area (Å²) < 4.78 is 10.7. The van der Waals surface area contributed by atoms with Crippen molar-refractivity contribution in [1.82, 2.24) is 15.3 Å². The van der Waals surface area contributed by atoms with Crippen molar-refractivity contribution in [3.05, 3.63) is 71.0 Å². The maximum atomic E-state index is 12.5. The van der Waals surface area contributed by atoms with E-state index in [2.05, 4.69) is 27.4 Å². The summed E-state index contributed by atoms with van der Waals surface area (Å²) in [7, 11) is 0. The zero-order chi connectivity index (χ0) is 20.2. The first-order valence-corrected chi connectivity index (χ1v) is 10.4. The molecule has 3 aromatic rings. The van der Waals surface area contributed by atoms with E-state index < -0.39 is 0 Å². The number of benzene rings is 2. The molecule has 2 heterocycles. The second kappa shape index (κ2) is 8.61. The van der Waals surface area contributed by atoms with Crippen LogP contribution in [0.1, 0.15) is 29.4 Å². The summed E-state index contributed by atoms with van der Waals surface area (Å²) in [5.74, 6) is 1.42. The number of H-pyrrole nitrogens is 1. The van der Waals surface area contributed by atoms with Crippen molar-refractivity contribution in [3.63, 3.8) is 0 Å². The molecule has 1 aromatic heterocycles. The monoisotopic (exact) mass is 409 g/mol. The molecule has 1 aliphatic rings. The maximum absolute atomic E-state index is 12.5. The van der Waals surface area contributed by atoms with Gasteiger partial charge in [-0.1, -0.05) is 48.2 Å². The van der Waals surface area contributed by atoms with Gasteiger partial charge in [-0.2, -0.15) is 0 Å². The molecule has 0 spiro atoms. The predicted octanol–water partition coefficient (Wildman–Crippen LogP) is 3.83. The lowest BCUT2D eigenvalue weighted by molar-refractivity contribution is -0.120. The molecule has 2 N–H and O–H groups in total. The number of aryl methyl sites for hydroxylation is 1. The van der Waals surface area contributed by atoms with Crippen molar-refractivity contribution in [3.8, 4) is 11.5 Å². The maximum Gasteiger partial charge on any atom is 0.233 e. The standard InChI is InChI=1S/C22H23N3O3S/c1-14-18(10-16-6-4-3-5-7-16)25-22(24-14)29-15(2)21(26)23-12-17-8-9-19-20(11-17)28-13-27-19/h3-9,11,15H,10,12-13H2,1-2H3,(H,23,26)(H,24,25)/t15-/m0/s1. The summed E-state index contributed by atoms with van der Waals surface area (Å²) in [6, 6.07) is 15.9. The minimum Gasteiger partial charge on any atom is -0.454 e. The number of carbonyl (C=O) groups excluding carboxylic acids is 1. The molecule has 1 atom stereocenters. The zero-order valence-electron chi connectivity index (χ0n) is 16.4. The van der Waals surface area contributed by atoms with Crippen LogP contribution in [-0.2, 0) is 17.8 Å². The molecule has 29 heavy (non-hydrogen) atoms. The molecule has 7 heteroatoms. The molecule has 4 rings (SSSR count). The Labute approximate surface area is 174 Å². The van der Waals surface area contributed by atoms with Gasteiger partial charge in [0.15, 0.2) is 16.7 Å². The number of nitrogens with zero attached hydrogens (tertiary/aromatic N) is 1. The number of fused-ring (bicyclic) bond motifs is 1. The average molecular weight is 410 g/mol. The smallest absolute Gasteiger partial charge is 0.233 e. The minimum atomic E-state index is -0.265. The zero-order valence-corrected chi connectivity index (χ0v) is 17.2. The second-order valence-corrected chi connectivity index (χ2v) is 8.27. The fourth-order valence-electron chi connectivity index (χ4n) is 3.09. The van der Waals surface area contributed by atoms with Gasteiger partial charge in [-0.15, -0.1) is 0 Å². The summed E-state index contributed by atoms with van der Waals surface area (Å²) in [6.07, 6.45) is 0.772. The van der Waals surface area contributed by atoms with Crippen molar-refractivity contribution < 1.29 is 14.3 Å². The third kappa shape index (κ3) is 4.74. The van der Waals surface area contributed by atoms with Gasteiger partial charge in [-0.05, 0) is 37.1 Å². The van der Waals surface area contributed by atoms with E-state index in [-0.39, 0.29) is 18.0 Å². The Hall–Kier alpha value is -2.93. The van der Waals surface area contributed by atoms with Gasteiger partial charge in [-0.3, -0.25) is 4.79 Å². The fraction of sp³-hybridized carbons (Fsp3) is 0.273. The molecule has 1 amide bonds. The summed E-state index contributed by atoms with van der Waals surface area (Å²) in [5, 5.41) is 3.47. The van der Waals surface area contributed by atoms with E-state index in [1.54, 1.807) is 0 Å². The summed E-state index contributed by atoms with van der Waals surface area (Å²) in [4.78, 5) is 20.5. The number of imidazole rings is 1. The van der Waals surface area contributed by atoms with Crippen molar-refractivity contribution in [2.75, 3.05) is 6.79 Å². The van der Waals surface area contributed by atoms with Gasteiger partial charge in [-0.25, -0.2) is 4.98 Å². The van der Waals surface area contributed by atoms with E-state index >= 15 is 0 Å². The number of amides is 1. The number of ether oxygens (including phenoxy) is 2. The van der Waals surface area contributed by atoms with Crippen LogP contribution in [0.5, 0.6) is 11.5 Å². The van der Waals surface area contributed by atoms with Crippen LogP contribution >= 0.6 is 11.8 Å². The minimum absolute atomic E-state index is 0.0358. The highest BCUT2D eigenvalue weighted by atomic mass is 32.2. The largest absolute Gasteiger partial charge is 0.454 e. The van der Waals surface area contributed by atoms with Crippen LogP contribution in [-0.4, -0.2) is 27.9 Å². The first kappa shape index (κ1) is 19.4. The van der Waals surface area contributed by atoms with Crippen LogP contribution in [0.2, 0.25) is 0 Å². The topological polar surface area (TPSA) is 76.2 Å². The van der Waals surface area contributed by atoms with E-state index in [1.807, 2.05) is 50.2 Å². The third-order valence-electron chi connectivity index (χ3n) is 4.74. The first-order valence-electron chi connectivity index (χ1n) is 9.51. The van der Waals surface area contributed by atoms with E-state index in [9.17, 15) is 4.79 Å². The van der Waals surface area contributed by atoms with Crippen LogP contribution < -0.4 is 14.8 Å². The fourth-order valence-corrected chi connectivity index (χ4v) is 3.99. The molecule has 6 nitrogen and oxygen atoms in total. The molecule has 0 aliphatic carbocycles. The van der Waals surface area contributed by atoms with Crippen molar-refractivity contribution in [2.24, 2.45) is 0 Å². The molecule has 0 radical (unpaired) electrons. The number of carbonyl (C=O) groups is 1. The van der Waals surface area contributed by atoms with Crippen LogP contribution in [0, 0.1) is 6.92 Å². The molecule has 0 fully saturated rings. The lowest BCUT2D eigenvalue weighted by Gasteiger charge is -2.11. The van der Waals surface area contributed by atoms with Gasteiger partial charge in [0.2, 0.25) is 12.7 Å². The molecular weight excluding hydrogens is 386 g/mol. The van der Waals surface area contributed by atoms with Crippen molar-refractivity contribution in [1.29, 1.82) is 0 Å². The quantitative estimate of drug-likeness (QED) is 0.580. The first-order chi connectivity index (χ1) is 14.1. The third-order valence-corrected chi connectivity index (χ3v) is 5.72. The Bertz CT molecular complexity index is 1000. The normalized spacial score (nSPS) is 13.3. The number of rotatable bonds is 7. The number of hydrogen-bond donors (Lipinski definition) is 2. The molecular formula is C22H23N3O3S. The van der Waals surface area contributed by atoms with Gasteiger partial charge in [0.25, 0.3) is 0 Å². The lowest BCUT2D eigenvalue weighted by Crippen LogP contribution is -2.30. The molecule has 2 aromatic carbocycles. The van der Waals surface area contributed by atoms with Crippen LogP contribution in [0.25, 0.3) is 0 Å². The van der Waals surface area contributed by atoms with Gasteiger partial charge < -0.3 is 19.8 Å². The van der Waals surface area contributed by atoms with E-state index in [0.717, 1.165) is 40.0 Å². The molecule has 0 bridgehead atoms. The summed E-state index contributed by atoms with van der Waals surface area (Å²) in [6.45, 7) is 4.58. The van der Waals surface area contributed by atoms with Gasteiger partial charge in [0.05, 0.1) is 10.9 Å². The van der Waals surface area contributed by atoms with Crippen molar-refractivity contribution >= 4 is 17.7 Å². The average Bonchev–Trinajstić information content (AvgIpc) is 3.32. The number of aromatic nitrogens is 2. The Morgan fingerprint density at radius 3 is 2.79 bits per heavy atom. The van der Waals surface area contributed by atoms with Crippen LogP contribution in [0.15, 0.2) is 53.7 Å². The second-order valence-electron chi connectivity index (χ2n) is 6.94. The summed E-state index contributed by atoms with van der Waals surface area (Å²) in [5.41, 5.74) is 4.22. The van der Waals surface area contributed by atoms with Gasteiger partial charge in [0.1, 0.15) is 0 Å². The highest BCUT2D eigenvalue weighted by Gasteiger charge is 2.18. The summed E-state index contributed by atoms with van der Waals surface area (Å²) >= 11 is 1.43. The lowest BCUT2D eigenvalue weighted by atomic mass is 10.1. The van der Waals surface area contributed by atoms with Crippen LogP contribution in [0.3, 0.4) is 0 Å². The number of aromatic amines is 1. The number of hydrogen-bond acceptors (Lipinski definition) is 5. The highest BCUT2D eigenvalue weighted by Crippen LogP contribution is 2.32. The molecule has 1 aliphatic heterocycles. The molecule has 0 unspecified atom stereocenters. The van der Waals surface area contributed by atoms with Gasteiger partial charge in [0, 0.05) is 18.7 Å². The Balaban J connectivity index is 1.32. The van der Waals surface area contributed by atoms with E-state index in [4.69, 9.17) is 9.47 Å². The molecule has 0 saturated heterocycles. The van der Waals surface area contributed by atoms with Gasteiger partial charge >= 0.3 is 0 Å². The molecule has 0 saturated carbocycles. The highest BCUT2D eigenvalue weighted by molar-refractivity contribution is 8.00. The van der Waals surface area contributed by atoms with E-state index in [0.29, 0.717) is 6.54 Å².